The van der Waals surface area contributed by atoms with Gasteiger partial charge in [-0.3, -0.25) is 15.5 Å². The summed E-state index contributed by atoms with van der Waals surface area (Å²) >= 11 is 3.31. The quantitative estimate of drug-likeness (QED) is 0.686. The second-order valence-corrected chi connectivity index (χ2v) is 5.18. The maximum absolute atomic E-state index is 10.8. The van der Waals surface area contributed by atoms with Crippen LogP contribution in [-0.4, -0.2) is 23.0 Å². The summed E-state index contributed by atoms with van der Waals surface area (Å²) in [5, 5.41) is 13.0. The van der Waals surface area contributed by atoms with Crippen LogP contribution in [0.25, 0.3) is 0 Å². The number of nitro benzene ring substituents is 1. The summed E-state index contributed by atoms with van der Waals surface area (Å²) in [6, 6.07) is 5.12. The predicted octanol–water partition coefficient (Wildman–Crippen LogP) is 2.85. The molecule has 98 valence electrons. The fraction of sp³-hybridized carbons (Fsp3) is 0.500. The lowest BCUT2D eigenvalue weighted by Gasteiger charge is -2.27. The molecule has 0 saturated carbocycles. The molecule has 1 aromatic carbocycles. The Labute approximate surface area is 114 Å². The van der Waals surface area contributed by atoms with Gasteiger partial charge in [0.1, 0.15) is 0 Å². The van der Waals surface area contributed by atoms with Crippen LogP contribution in [0.2, 0.25) is 0 Å². The van der Waals surface area contributed by atoms with E-state index < -0.39 is 0 Å². The lowest BCUT2D eigenvalue weighted by Crippen LogP contribution is -2.41. The molecule has 0 amide bonds. The topological polar surface area (TPSA) is 58.4 Å². The molecule has 0 bridgehead atoms. The van der Waals surface area contributed by atoms with Crippen LogP contribution >= 0.6 is 15.9 Å². The number of nitrogens with one attached hydrogen (secondary N) is 1. The highest BCUT2D eigenvalue weighted by atomic mass is 79.9. The molecule has 0 unspecified atom stereocenters. The van der Waals surface area contributed by atoms with E-state index in [2.05, 4.69) is 26.4 Å². The van der Waals surface area contributed by atoms with E-state index in [9.17, 15) is 10.1 Å². The number of nitrogens with zero attached hydrogens (tertiary/aromatic N) is 2. The van der Waals surface area contributed by atoms with E-state index in [4.69, 9.17) is 0 Å². The minimum absolute atomic E-state index is 0.118. The fourth-order valence-electron chi connectivity index (χ4n) is 2.09. The van der Waals surface area contributed by atoms with Gasteiger partial charge in [-0.05, 0) is 34.3 Å². The van der Waals surface area contributed by atoms with E-state index in [1.165, 1.54) is 25.3 Å². The number of hydrazine groups is 1. The number of hydrogen-bond donors (Lipinski definition) is 1. The molecule has 1 heterocycles. The van der Waals surface area contributed by atoms with Crippen LogP contribution in [0.1, 0.15) is 24.8 Å². The average molecular weight is 314 g/mol. The summed E-state index contributed by atoms with van der Waals surface area (Å²) in [6.45, 7) is 2.71. The molecule has 0 aromatic heterocycles. The smallest absolute Gasteiger partial charge is 0.258 e. The third-order valence-electron chi connectivity index (χ3n) is 3.10. The zero-order chi connectivity index (χ0) is 13.0. The maximum atomic E-state index is 10.8. The molecular weight excluding hydrogens is 298 g/mol. The SMILES string of the molecule is O=[N+]([O-])c1cccc(CNN2CCCCC2)c1Br. The van der Waals surface area contributed by atoms with Crippen LogP contribution in [0.4, 0.5) is 5.69 Å². The van der Waals surface area contributed by atoms with Gasteiger partial charge in [-0.1, -0.05) is 18.6 Å². The van der Waals surface area contributed by atoms with Gasteiger partial charge in [0.2, 0.25) is 0 Å². The number of rotatable bonds is 4. The Morgan fingerprint density at radius 3 is 2.72 bits per heavy atom. The Bertz CT molecular complexity index is 433. The molecule has 1 aliphatic heterocycles. The third-order valence-corrected chi connectivity index (χ3v) is 4.02. The van der Waals surface area contributed by atoms with Crippen LogP contribution < -0.4 is 5.43 Å². The Kier molecular flexibility index (Phi) is 4.68. The minimum Gasteiger partial charge on any atom is -0.258 e. The van der Waals surface area contributed by atoms with E-state index in [1.807, 2.05) is 6.07 Å². The van der Waals surface area contributed by atoms with E-state index in [-0.39, 0.29) is 10.6 Å². The van der Waals surface area contributed by atoms with Crippen molar-refractivity contribution in [1.29, 1.82) is 0 Å². The Morgan fingerprint density at radius 1 is 1.33 bits per heavy atom. The lowest BCUT2D eigenvalue weighted by molar-refractivity contribution is -0.385. The van der Waals surface area contributed by atoms with Crippen molar-refractivity contribution in [3.05, 3.63) is 38.3 Å². The number of nitro groups is 1. The predicted molar refractivity (Wildman–Crippen MR) is 73.1 cm³/mol. The molecule has 5 nitrogen and oxygen atoms in total. The van der Waals surface area contributed by atoms with Crippen molar-refractivity contribution >= 4 is 21.6 Å². The first-order chi connectivity index (χ1) is 8.68. The highest BCUT2D eigenvalue weighted by molar-refractivity contribution is 9.10. The highest BCUT2D eigenvalue weighted by Gasteiger charge is 2.15. The molecule has 1 fully saturated rings. The Hall–Kier alpha value is -0.980. The molecule has 0 radical (unpaired) electrons. The van der Waals surface area contributed by atoms with Gasteiger partial charge >= 0.3 is 0 Å². The second kappa shape index (κ2) is 6.26. The van der Waals surface area contributed by atoms with Gasteiger partial charge in [0.15, 0.2) is 0 Å². The van der Waals surface area contributed by atoms with E-state index in [1.54, 1.807) is 6.07 Å². The zero-order valence-corrected chi connectivity index (χ0v) is 11.6. The number of halogens is 1. The molecule has 0 atom stereocenters. The number of piperidine rings is 1. The van der Waals surface area contributed by atoms with Gasteiger partial charge in [0.25, 0.3) is 5.69 Å². The van der Waals surface area contributed by atoms with Crippen LogP contribution in [-0.2, 0) is 6.54 Å². The molecular formula is C12H16BrN3O2. The zero-order valence-electron chi connectivity index (χ0n) is 10.1. The van der Waals surface area contributed by atoms with Crippen LogP contribution in [0.3, 0.4) is 0 Å². The first-order valence-electron chi connectivity index (χ1n) is 6.08. The second-order valence-electron chi connectivity index (χ2n) is 4.39. The largest absolute Gasteiger partial charge is 0.283 e. The highest BCUT2D eigenvalue weighted by Crippen LogP contribution is 2.28. The van der Waals surface area contributed by atoms with Gasteiger partial charge in [0.05, 0.1) is 9.40 Å². The third kappa shape index (κ3) is 3.28. The monoisotopic (exact) mass is 313 g/mol. The van der Waals surface area contributed by atoms with Gasteiger partial charge < -0.3 is 0 Å². The van der Waals surface area contributed by atoms with Gasteiger partial charge in [-0.15, -0.1) is 0 Å². The van der Waals surface area contributed by atoms with Gasteiger partial charge in [-0.25, -0.2) is 5.01 Å². The molecule has 1 aliphatic rings. The van der Waals surface area contributed by atoms with Crippen LogP contribution in [0.15, 0.2) is 22.7 Å². The van der Waals surface area contributed by atoms with Crippen molar-refractivity contribution in [2.75, 3.05) is 13.1 Å². The number of hydrogen-bond acceptors (Lipinski definition) is 4. The summed E-state index contributed by atoms with van der Waals surface area (Å²) in [5.74, 6) is 0. The number of benzene rings is 1. The summed E-state index contributed by atoms with van der Waals surface area (Å²) in [5.41, 5.74) is 4.36. The maximum Gasteiger partial charge on any atom is 0.283 e. The molecule has 0 aliphatic carbocycles. The summed E-state index contributed by atoms with van der Waals surface area (Å²) < 4.78 is 0.569. The molecule has 6 heteroatoms. The van der Waals surface area contributed by atoms with Crippen LogP contribution in [0.5, 0.6) is 0 Å². The fourth-order valence-corrected chi connectivity index (χ4v) is 2.64. The molecule has 2 rings (SSSR count). The lowest BCUT2D eigenvalue weighted by atomic mass is 10.1. The first kappa shape index (κ1) is 13.5. The van der Waals surface area contributed by atoms with Crippen molar-refractivity contribution in [2.24, 2.45) is 0 Å². The molecule has 1 saturated heterocycles. The van der Waals surface area contributed by atoms with Crippen molar-refractivity contribution in [3.63, 3.8) is 0 Å². The van der Waals surface area contributed by atoms with Crippen LogP contribution in [0, 0.1) is 10.1 Å². The summed E-state index contributed by atoms with van der Waals surface area (Å²) in [6.07, 6.45) is 3.71. The van der Waals surface area contributed by atoms with Crippen molar-refractivity contribution in [3.8, 4) is 0 Å². The average Bonchev–Trinajstić information content (AvgIpc) is 2.38. The molecule has 1 aromatic rings. The van der Waals surface area contributed by atoms with Crippen molar-refractivity contribution < 1.29 is 4.92 Å². The molecule has 0 spiro atoms. The molecule has 18 heavy (non-hydrogen) atoms. The summed E-state index contributed by atoms with van der Waals surface area (Å²) in [4.78, 5) is 10.5. The van der Waals surface area contributed by atoms with Gasteiger partial charge in [-0.2, -0.15) is 0 Å². The first-order valence-corrected chi connectivity index (χ1v) is 6.88. The van der Waals surface area contributed by atoms with Crippen molar-refractivity contribution in [2.45, 2.75) is 25.8 Å². The normalized spacial score (nSPS) is 16.7. The Balaban J connectivity index is 2.00. The standard InChI is InChI=1S/C12H16BrN3O2/c13-12-10(5-4-6-11(12)16(17)18)9-14-15-7-2-1-3-8-15/h4-6,14H,1-3,7-9H2. The Morgan fingerprint density at radius 2 is 2.06 bits per heavy atom. The summed E-state index contributed by atoms with van der Waals surface area (Å²) in [7, 11) is 0. The van der Waals surface area contributed by atoms with Crippen molar-refractivity contribution in [1.82, 2.24) is 10.4 Å². The van der Waals surface area contributed by atoms with E-state index >= 15 is 0 Å². The van der Waals surface area contributed by atoms with Gasteiger partial charge in [0, 0.05) is 25.7 Å². The molecule has 1 N–H and O–H groups in total. The van der Waals surface area contributed by atoms with E-state index in [0.29, 0.717) is 11.0 Å². The minimum atomic E-state index is -0.367. The van der Waals surface area contributed by atoms with E-state index in [0.717, 1.165) is 18.7 Å².